The number of aromatic nitrogens is 2. The van der Waals surface area contributed by atoms with Gasteiger partial charge in [0.05, 0.1) is 11.4 Å². The van der Waals surface area contributed by atoms with E-state index in [0.717, 1.165) is 22.6 Å². The van der Waals surface area contributed by atoms with Crippen LogP contribution in [0.25, 0.3) is 0 Å². The molecule has 4 N–H and O–H groups in total. The summed E-state index contributed by atoms with van der Waals surface area (Å²) in [6.45, 7) is 8.24. The molecule has 1 heterocycles. The zero-order chi connectivity index (χ0) is 27.8. The Morgan fingerprint density at radius 2 is 1.84 bits per heavy atom. The van der Waals surface area contributed by atoms with Crippen molar-refractivity contribution < 1.29 is 14.4 Å². The minimum absolute atomic E-state index is 0.0950. The number of nitrogens with one attached hydrogen (secondary N) is 2. The van der Waals surface area contributed by atoms with Crippen LogP contribution in [0.3, 0.4) is 0 Å². The maximum Gasteiger partial charge on any atom is 0.271 e. The molecule has 0 aliphatic carbocycles. The number of hydrogen-bond donors (Lipinski definition) is 3. The van der Waals surface area contributed by atoms with E-state index in [1.807, 2.05) is 57.1 Å². The van der Waals surface area contributed by atoms with Gasteiger partial charge in [0.2, 0.25) is 11.8 Å². The maximum atomic E-state index is 12.9. The van der Waals surface area contributed by atoms with Gasteiger partial charge < -0.3 is 26.2 Å². The highest BCUT2D eigenvalue weighted by molar-refractivity contribution is 5.96. The first-order valence-electron chi connectivity index (χ1n) is 12.3. The van der Waals surface area contributed by atoms with E-state index >= 15 is 0 Å². The molecule has 0 radical (unpaired) electrons. The molecule has 0 fully saturated rings. The third-order valence-corrected chi connectivity index (χ3v) is 6.08. The molecule has 0 bridgehead atoms. The third-order valence-electron chi connectivity index (χ3n) is 6.08. The standard InChI is InChI=1S/C27H39N7O3/c1-8-21-18(2)30-25(23(32-21)24(28)36)31-20-12-9-11-19(17-20)14-15-29-26(37)27(3,4)34(7)22(35)13-10-16-33(5)6/h9-13,17H,8,14-16H2,1-7H3,(H2,28,36)(H,29,37)(H,30,31)/b13-10+. The van der Waals surface area contributed by atoms with Crippen molar-refractivity contribution in [3.05, 3.63) is 59.1 Å². The van der Waals surface area contributed by atoms with E-state index in [1.165, 1.54) is 11.0 Å². The highest BCUT2D eigenvalue weighted by atomic mass is 16.2. The fourth-order valence-electron chi connectivity index (χ4n) is 3.53. The molecule has 0 aliphatic rings. The second kappa shape index (κ2) is 13.0. The fraction of sp³-hybridized carbons (Fsp3) is 0.444. The normalized spacial score (nSPS) is 11.6. The van der Waals surface area contributed by atoms with Crippen LogP contribution in [0.5, 0.6) is 0 Å². The summed E-state index contributed by atoms with van der Waals surface area (Å²) >= 11 is 0. The van der Waals surface area contributed by atoms with Gasteiger partial charge >= 0.3 is 0 Å². The number of carbonyl (C=O) groups is 3. The summed E-state index contributed by atoms with van der Waals surface area (Å²) < 4.78 is 0. The van der Waals surface area contributed by atoms with Crippen molar-refractivity contribution in [3.63, 3.8) is 0 Å². The molecule has 2 aromatic rings. The number of amides is 3. The number of benzene rings is 1. The number of nitrogens with two attached hydrogens (primary N) is 1. The van der Waals surface area contributed by atoms with Crippen molar-refractivity contribution in [2.45, 2.75) is 46.1 Å². The van der Waals surface area contributed by atoms with Crippen LogP contribution in [0, 0.1) is 6.92 Å². The smallest absolute Gasteiger partial charge is 0.271 e. The topological polar surface area (TPSA) is 134 Å². The van der Waals surface area contributed by atoms with E-state index in [-0.39, 0.29) is 17.5 Å². The molecule has 2 rings (SSSR count). The molecule has 3 amide bonds. The first-order chi connectivity index (χ1) is 17.4. The first-order valence-corrected chi connectivity index (χ1v) is 12.3. The Hall–Kier alpha value is -3.79. The van der Waals surface area contributed by atoms with Crippen LogP contribution in [-0.2, 0) is 22.4 Å². The van der Waals surface area contributed by atoms with E-state index in [1.54, 1.807) is 27.0 Å². The number of hydrogen-bond acceptors (Lipinski definition) is 7. The molecule has 0 saturated heterocycles. The summed E-state index contributed by atoms with van der Waals surface area (Å²) in [5.41, 5.74) is 7.75. The summed E-state index contributed by atoms with van der Waals surface area (Å²) in [5, 5.41) is 6.07. The summed E-state index contributed by atoms with van der Waals surface area (Å²) in [7, 11) is 5.45. The zero-order valence-electron chi connectivity index (χ0n) is 22.9. The monoisotopic (exact) mass is 509 g/mol. The summed E-state index contributed by atoms with van der Waals surface area (Å²) in [6, 6.07) is 7.59. The number of nitrogens with zero attached hydrogens (tertiary/aromatic N) is 4. The zero-order valence-corrected chi connectivity index (χ0v) is 22.9. The second-order valence-electron chi connectivity index (χ2n) is 9.62. The van der Waals surface area contributed by atoms with Crippen LogP contribution < -0.4 is 16.4 Å². The van der Waals surface area contributed by atoms with Crippen LogP contribution in [-0.4, -0.2) is 77.3 Å². The molecule has 0 saturated carbocycles. The molecular weight excluding hydrogens is 470 g/mol. The van der Waals surface area contributed by atoms with Gasteiger partial charge in [0.1, 0.15) is 5.54 Å². The van der Waals surface area contributed by atoms with Crippen molar-refractivity contribution in [2.24, 2.45) is 5.73 Å². The van der Waals surface area contributed by atoms with Gasteiger partial charge in [-0.15, -0.1) is 0 Å². The van der Waals surface area contributed by atoms with Gasteiger partial charge in [-0.2, -0.15) is 0 Å². The summed E-state index contributed by atoms with van der Waals surface area (Å²) in [4.78, 5) is 49.5. The largest absolute Gasteiger partial charge is 0.364 e. The van der Waals surface area contributed by atoms with Gasteiger partial charge in [-0.05, 0) is 65.4 Å². The lowest BCUT2D eigenvalue weighted by Crippen LogP contribution is -2.55. The van der Waals surface area contributed by atoms with Crippen LogP contribution in [0.4, 0.5) is 11.5 Å². The van der Waals surface area contributed by atoms with Gasteiger partial charge in [0.25, 0.3) is 5.91 Å². The Morgan fingerprint density at radius 1 is 1.14 bits per heavy atom. The Kier molecular flexibility index (Phi) is 10.3. The molecule has 37 heavy (non-hydrogen) atoms. The average molecular weight is 510 g/mol. The molecule has 200 valence electrons. The molecule has 1 aromatic carbocycles. The van der Waals surface area contributed by atoms with Crippen LogP contribution in [0.1, 0.15) is 48.2 Å². The molecule has 0 aliphatic heterocycles. The van der Waals surface area contributed by atoms with Crippen LogP contribution in [0.2, 0.25) is 0 Å². The average Bonchev–Trinajstić information content (AvgIpc) is 2.83. The quantitative estimate of drug-likeness (QED) is 0.374. The molecule has 0 spiro atoms. The Balaban J connectivity index is 2.02. The van der Waals surface area contributed by atoms with Crippen molar-refractivity contribution >= 4 is 29.2 Å². The highest BCUT2D eigenvalue weighted by Gasteiger charge is 2.34. The van der Waals surface area contributed by atoms with Gasteiger partial charge in [0.15, 0.2) is 11.5 Å². The Bertz CT molecular complexity index is 1160. The minimum atomic E-state index is -1.02. The predicted molar refractivity (Wildman–Crippen MR) is 146 cm³/mol. The first kappa shape index (κ1) is 29.4. The van der Waals surface area contributed by atoms with Crippen molar-refractivity contribution in [1.29, 1.82) is 0 Å². The summed E-state index contributed by atoms with van der Waals surface area (Å²) in [6.07, 6.45) is 4.47. The number of primary amides is 1. The van der Waals surface area contributed by atoms with Gasteiger partial charge in [0, 0.05) is 31.9 Å². The number of rotatable bonds is 12. The number of carbonyl (C=O) groups excluding carboxylic acids is 3. The van der Waals surface area contributed by atoms with E-state index in [0.29, 0.717) is 31.7 Å². The number of likely N-dealkylation sites (N-methyl/N-ethyl adjacent to an activating group) is 2. The lowest BCUT2D eigenvalue weighted by molar-refractivity contribution is -0.140. The van der Waals surface area contributed by atoms with Gasteiger partial charge in [-0.25, -0.2) is 9.97 Å². The molecule has 10 heteroatoms. The lowest BCUT2D eigenvalue weighted by atomic mass is 10.0. The molecule has 0 unspecified atom stereocenters. The van der Waals surface area contributed by atoms with E-state index in [4.69, 9.17) is 5.73 Å². The van der Waals surface area contributed by atoms with Crippen molar-refractivity contribution in [1.82, 2.24) is 25.1 Å². The lowest BCUT2D eigenvalue weighted by Gasteiger charge is -2.33. The highest BCUT2D eigenvalue weighted by Crippen LogP contribution is 2.21. The Labute approximate surface area is 219 Å². The van der Waals surface area contributed by atoms with Gasteiger partial charge in [-0.1, -0.05) is 25.1 Å². The predicted octanol–water partition coefficient (Wildman–Crippen LogP) is 2.20. The maximum absolute atomic E-state index is 12.9. The Morgan fingerprint density at radius 3 is 2.46 bits per heavy atom. The SMILES string of the molecule is CCc1nc(C(N)=O)c(Nc2cccc(CCNC(=O)C(C)(C)N(C)C(=O)/C=C/CN(C)C)c2)nc1C. The molecular formula is C27H39N7O3. The van der Waals surface area contributed by atoms with Crippen molar-refractivity contribution in [2.75, 3.05) is 39.5 Å². The van der Waals surface area contributed by atoms with Gasteiger partial charge in [-0.3, -0.25) is 14.4 Å². The van der Waals surface area contributed by atoms with E-state index in [2.05, 4.69) is 20.6 Å². The molecule has 0 atom stereocenters. The number of anilines is 2. The van der Waals surface area contributed by atoms with Crippen molar-refractivity contribution in [3.8, 4) is 0 Å². The van der Waals surface area contributed by atoms with E-state index < -0.39 is 11.4 Å². The summed E-state index contributed by atoms with van der Waals surface area (Å²) in [5.74, 6) is -0.822. The molecule has 10 nitrogen and oxygen atoms in total. The minimum Gasteiger partial charge on any atom is -0.364 e. The molecule has 1 aromatic heterocycles. The fourth-order valence-corrected chi connectivity index (χ4v) is 3.53. The van der Waals surface area contributed by atoms with Crippen LogP contribution >= 0.6 is 0 Å². The second-order valence-corrected chi connectivity index (χ2v) is 9.62. The number of aryl methyl sites for hydroxylation is 2. The van der Waals surface area contributed by atoms with E-state index in [9.17, 15) is 14.4 Å². The van der Waals surface area contributed by atoms with Crippen LogP contribution in [0.15, 0.2) is 36.4 Å². The third kappa shape index (κ3) is 8.11.